The van der Waals surface area contributed by atoms with Crippen molar-refractivity contribution >= 4 is 34.8 Å². The summed E-state index contributed by atoms with van der Waals surface area (Å²) in [6.07, 6.45) is 3.79. The molecule has 1 aromatic carbocycles. The van der Waals surface area contributed by atoms with E-state index in [1.807, 2.05) is 30.7 Å². The van der Waals surface area contributed by atoms with Crippen molar-refractivity contribution in [3.05, 3.63) is 62.2 Å². The number of hydrogen-bond acceptors (Lipinski definition) is 4. The second-order valence-electron chi connectivity index (χ2n) is 7.05. The minimum atomic E-state index is -0.257. The number of nitrogens with one attached hydrogen (secondary N) is 1. The molecule has 0 atom stereocenters. The third kappa shape index (κ3) is 3.54. The molecule has 0 spiro atoms. The van der Waals surface area contributed by atoms with Crippen molar-refractivity contribution in [1.29, 1.82) is 0 Å². The highest BCUT2D eigenvalue weighted by atomic mass is 35.5. The van der Waals surface area contributed by atoms with Gasteiger partial charge in [0.25, 0.3) is 5.91 Å². The largest absolute Gasteiger partial charge is 0.360 e. The Kier molecular flexibility index (Phi) is 5.17. The second kappa shape index (κ2) is 7.60. The van der Waals surface area contributed by atoms with Crippen LogP contribution >= 0.6 is 23.2 Å². The summed E-state index contributed by atoms with van der Waals surface area (Å²) in [6, 6.07) is 5.49. The van der Waals surface area contributed by atoms with Crippen molar-refractivity contribution in [2.45, 2.75) is 46.1 Å². The first-order valence-electron chi connectivity index (χ1n) is 9.20. The van der Waals surface area contributed by atoms with Gasteiger partial charge in [-0.3, -0.25) is 9.48 Å². The van der Waals surface area contributed by atoms with Gasteiger partial charge < -0.3 is 9.84 Å². The molecule has 2 heterocycles. The normalized spacial score (nSPS) is 13.4. The minimum absolute atomic E-state index is 0.257. The number of benzene rings is 1. The third-order valence-corrected chi connectivity index (χ3v) is 5.84. The lowest BCUT2D eigenvalue weighted by Crippen LogP contribution is -2.16. The van der Waals surface area contributed by atoms with Gasteiger partial charge in [0.15, 0.2) is 5.69 Å². The summed E-state index contributed by atoms with van der Waals surface area (Å²) < 4.78 is 7.19. The zero-order valence-electron chi connectivity index (χ0n) is 15.7. The lowest BCUT2D eigenvalue weighted by atomic mass is 9.96. The first-order valence-corrected chi connectivity index (χ1v) is 9.96. The highest BCUT2D eigenvalue weighted by molar-refractivity contribution is 6.42. The summed E-state index contributed by atoms with van der Waals surface area (Å²) in [6.45, 7) is 4.32. The van der Waals surface area contributed by atoms with Gasteiger partial charge in [-0.25, -0.2) is 0 Å². The van der Waals surface area contributed by atoms with E-state index in [1.165, 1.54) is 0 Å². The number of fused-ring (bicyclic) bond motifs is 1. The molecular formula is C20H20Cl2N4O2. The molecule has 1 aliphatic rings. The lowest BCUT2D eigenvalue weighted by molar-refractivity contribution is 0.101. The van der Waals surface area contributed by atoms with Crippen LogP contribution in [0.3, 0.4) is 0 Å². The maximum Gasteiger partial charge on any atom is 0.278 e. The second-order valence-corrected chi connectivity index (χ2v) is 7.86. The van der Waals surface area contributed by atoms with Crippen LogP contribution in [0.5, 0.6) is 0 Å². The summed E-state index contributed by atoms with van der Waals surface area (Å²) in [7, 11) is 0. The molecule has 0 saturated heterocycles. The van der Waals surface area contributed by atoms with E-state index in [9.17, 15) is 4.79 Å². The van der Waals surface area contributed by atoms with E-state index in [1.54, 1.807) is 6.07 Å². The molecular weight excluding hydrogens is 399 g/mol. The van der Waals surface area contributed by atoms with Crippen LogP contribution < -0.4 is 5.32 Å². The first-order chi connectivity index (χ1) is 13.4. The van der Waals surface area contributed by atoms with Crippen LogP contribution in [0.15, 0.2) is 22.7 Å². The van der Waals surface area contributed by atoms with Crippen molar-refractivity contribution in [1.82, 2.24) is 14.9 Å². The van der Waals surface area contributed by atoms with Gasteiger partial charge in [-0.1, -0.05) is 34.4 Å². The van der Waals surface area contributed by atoms with E-state index in [4.69, 9.17) is 27.7 Å². The molecule has 1 amide bonds. The Labute approximate surface area is 172 Å². The summed E-state index contributed by atoms with van der Waals surface area (Å²) in [5, 5.41) is 12.6. The molecule has 0 saturated carbocycles. The number of aryl methyl sites for hydroxylation is 2. The number of hydrogen-bond donors (Lipinski definition) is 1. The molecule has 1 N–H and O–H groups in total. The van der Waals surface area contributed by atoms with Gasteiger partial charge in [-0.05, 0) is 50.8 Å². The van der Waals surface area contributed by atoms with Crippen LogP contribution in [-0.4, -0.2) is 20.8 Å². The predicted octanol–water partition coefficient (Wildman–Crippen LogP) is 4.97. The van der Waals surface area contributed by atoms with Crippen molar-refractivity contribution in [3.8, 4) is 0 Å². The average molecular weight is 419 g/mol. The molecule has 3 aromatic rings. The molecule has 0 radical (unpaired) electrons. The fourth-order valence-corrected chi connectivity index (χ4v) is 3.90. The monoisotopic (exact) mass is 418 g/mol. The molecule has 28 heavy (non-hydrogen) atoms. The predicted molar refractivity (Wildman–Crippen MR) is 108 cm³/mol. The molecule has 2 aromatic heterocycles. The van der Waals surface area contributed by atoms with Gasteiger partial charge in [-0.15, -0.1) is 0 Å². The smallest absolute Gasteiger partial charge is 0.278 e. The summed E-state index contributed by atoms with van der Waals surface area (Å²) >= 11 is 12.1. The Balaban J connectivity index is 1.56. The van der Waals surface area contributed by atoms with Gasteiger partial charge in [0, 0.05) is 12.0 Å². The molecule has 0 aliphatic heterocycles. The number of aromatic nitrogens is 3. The van der Waals surface area contributed by atoms with Crippen LogP contribution in [0.2, 0.25) is 10.0 Å². The number of anilines is 1. The van der Waals surface area contributed by atoms with Crippen LogP contribution in [-0.2, 0) is 19.4 Å². The molecule has 0 fully saturated rings. The molecule has 146 valence electrons. The average Bonchev–Trinajstić information content (AvgIpc) is 3.21. The Morgan fingerprint density at radius 2 is 2.00 bits per heavy atom. The van der Waals surface area contributed by atoms with Gasteiger partial charge in [0.1, 0.15) is 5.76 Å². The van der Waals surface area contributed by atoms with Gasteiger partial charge in [0.05, 0.1) is 33.7 Å². The third-order valence-electron chi connectivity index (χ3n) is 5.10. The quantitative estimate of drug-likeness (QED) is 0.648. The number of carbonyl (C=O) groups is 1. The molecule has 0 bridgehead atoms. The van der Waals surface area contributed by atoms with Crippen LogP contribution in [0.1, 0.15) is 51.6 Å². The highest BCUT2D eigenvalue weighted by Gasteiger charge is 2.25. The lowest BCUT2D eigenvalue weighted by Gasteiger charge is -2.10. The number of nitrogens with zero attached hydrogens (tertiary/aromatic N) is 3. The fourth-order valence-electron chi connectivity index (χ4n) is 3.58. The maximum atomic E-state index is 12.8. The van der Waals surface area contributed by atoms with E-state index in [0.29, 0.717) is 28.0 Å². The maximum absolute atomic E-state index is 12.8. The zero-order valence-corrected chi connectivity index (χ0v) is 17.2. The van der Waals surface area contributed by atoms with Crippen LogP contribution in [0.4, 0.5) is 5.69 Å². The zero-order chi connectivity index (χ0) is 19.8. The first kappa shape index (κ1) is 19.0. The Morgan fingerprint density at radius 1 is 1.21 bits per heavy atom. The minimum Gasteiger partial charge on any atom is -0.360 e. The van der Waals surface area contributed by atoms with E-state index in [0.717, 1.165) is 54.0 Å². The van der Waals surface area contributed by atoms with Crippen molar-refractivity contribution in [2.75, 3.05) is 5.32 Å². The molecule has 6 nitrogen and oxygen atoms in total. The topological polar surface area (TPSA) is 73.0 Å². The van der Waals surface area contributed by atoms with Gasteiger partial charge >= 0.3 is 0 Å². The molecule has 1 aliphatic carbocycles. The number of amides is 1. The van der Waals surface area contributed by atoms with E-state index in [2.05, 4.69) is 15.6 Å². The standard InChI is InChI=1S/C20H20Cl2N4O2/c1-11-18(23-20(27)19-14-5-3-4-6-17(14)28-25-19)12(2)26(24-11)10-13-7-8-15(21)16(22)9-13/h7-9H,3-6,10H2,1-2H3,(H,23,27). The number of halogens is 2. The molecule has 4 rings (SSSR count). The van der Waals surface area contributed by atoms with Gasteiger partial charge in [0.2, 0.25) is 0 Å². The Bertz CT molecular complexity index is 1050. The molecule has 0 unspecified atom stereocenters. The SMILES string of the molecule is Cc1nn(Cc2ccc(Cl)c(Cl)c2)c(C)c1NC(=O)c1noc2c1CCCC2. The number of carbonyl (C=O) groups excluding carboxylic acids is 1. The Hall–Kier alpha value is -2.31. The Morgan fingerprint density at radius 3 is 2.79 bits per heavy atom. The summed E-state index contributed by atoms with van der Waals surface area (Å²) in [5.74, 6) is 0.576. The fraction of sp³-hybridized carbons (Fsp3) is 0.350. The van der Waals surface area contributed by atoms with Crippen molar-refractivity contribution in [2.24, 2.45) is 0 Å². The molecule has 8 heteroatoms. The van der Waals surface area contributed by atoms with Crippen molar-refractivity contribution in [3.63, 3.8) is 0 Å². The van der Waals surface area contributed by atoms with Gasteiger partial charge in [-0.2, -0.15) is 5.10 Å². The summed E-state index contributed by atoms with van der Waals surface area (Å²) in [5.41, 5.74) is 4.58. The van der Waals surface area contributed by atoms with Crippen molar-refractivity contribution < 1.29 is 9.32 Å². The highest BCUT2D eigenvalue weighted by Crippen LogP contribution is 2.27. The number of rotatable bonds is 4. The van der Waals surface area contributed by atoms with E-state index >= 15 is 0 Å². The summed E-state index contributed by atoms with van der Waals surface area (Å²) in [4.78, 5) is 12.8. The van der Waals surface area contributed by atoms with E-state index < -0.39 is 0 Å². The van der Waals surface area contributed by atoms with E-state index in [-0.39, 0.29) is 5.91 Å². The van der Waals surface area contributed by atoms with Crippen LogP contribution in [0, 0.1) is 13.8 Å². The van der Waals surface area contributed by atoms with Crippen LogP contribution in [0.25, 0.3) is 0 Å².